The van der Waals surface area contributed by atoms with Gasteiger partial charge in [-0.1, -0.05) is 19.1 Å². The number of rotatable bonds is 9. The maximum absolute atomic E-state index is 13.9. The van der Waals surface area contributed by atoms with Gasteiger partial charge >= 0.3 is 6.03 Å². The number of phenolic OH excluding ortho intramolecular Hbond substituents is 1. The first-order valence-corrected chi connectivity index (χ1v) is 12.9. The van der Waals surface area contributed by atoms with Gasteiger partial charge in [-0.3, -0.25) is 19.5 Å². The lowest BCUT2D eigenvalue weighted by atomic mass is 9.81. The lowest BCUT2D eigenvalue weighted by Crippen LogP contribution is -2.53. The average molecular weight is 507 g/mol. The van der Waals surface area contributed by atoms with Gasteiger partial charge in [-0.25, -0.2) is 4.79 Å². The van der Waals surface area contributed by atoms with Crippen LogP contribution in [0.5, 0.6) is 11.5 Å². The molecule has 0 radical (unpaired) electrons. The average Bonchev–Trinajstić information content (AvgIpc) is 3.32. The number of urea groups is 1. The maximum Gasteiger partial charge on any atom is 0.328 e. The van der Waals surface area contributed by atoms with Gasteiger partial charge in [0.25, 0.3) is 5.91 Å². The minimum Gasteiger partial charge on any atom is -0.508 e. The van der Waals surface area contributed by atoms with Gasteiger partial charge in [0.15, 0.2) is 0 Å². The zero-order valence-corrected chi connectivity index (χ0v) is 21.5. The van der Waals surface area contributed by atoms with Crippen molar-refractivity contribution in [1.82, 2.24) is 19.7 Å². The third kappa shape index (κ3) is 4.12. The summed E-state index contributed by atoms with van der Waals surface area (Å²) in [5.41, 5.74) is 2.35. The number of likely N-dealkylation sites (N-methyl/N-ethyl adjacent to an activating group) is 1. The number of carbonyl (C=O) groups is 2. The number of aromatic amines is 1. The van der Waals surface area contributed by atoms with Crippen molar-refractivity contribution in [2.24, 2.45) is 0 Å². The van der Waals surface area contributed by atoms with Crippen molar-refractivity contribution in [1.29, 1.82) is 0 Å². The molecule has 1 fully saturated rings. The van der Waals surface area contributed by atoms with Gasteiger partial charge in [-0.05, 0) is 61.9 Å². The van der Waals surface area contributed by atoms with Gasteiger partial charge in [0.2, 0.25) is 0 Å². The van der Waals surface area contributed by atoms with E-state index in [4.69, 9.17) is 4.74 Å². The number of benzene rings is 2. The van der Waals surface area contributed by atoms with Crippen LogP contribution in [0.4, 0.5) is 4.79 Å². The van der Waals surface area contributed by atoms with E-state index in [2.05, 4.69) is 4.98 Å². The van der Waals surface area contributed by atoms with Crippen molar-refractivity contribution in [3.05, 3.63) is 59.3 Å². The lowest BCUT2D eigenvalue weighted by Gasteiger charge is -2.42. The normalized spacial score (nSPS) is 21.2. The number of hydrogen-bond acceptors (Lipinski definition) is 6. The molecule has 2 aliphatic rings. The smallest absolute Gasteiger partial charge is 0.328 e. The number of aromatic nitrogens is 1. The SMILES string of the molecule is CCOc1ccc2[nH]c3c(c2c1)C[C@@]1(C)C(=O)N(CCN(CC)CCO)C(=O)N1[C@@H]3c1cccc(O)c1. The highest BCUT2D eigenvalue weighted by atomic mass is 16.5. The summed E-state index contributed by atoms with van der Waals surface area (Å²) >= 11 is 0. The van der Waals surface area contributed by atoms with Crippen LogP contribution in [0.1, 0.15) is 43.6 Å². The number of aliphatic hydroxyl groups is 1. The number of imide groups is 1. The number of nitrogens with one attached hydrogen (secondary N) is 1. The third-order valence-corrected chi connectivity index (χ3v) is 7.64. The molecule has 3 N–H and O–H groups in total. The number of ether oxygens (including phenoxy) is 1. The first-order chi connectivity index (χ1) is 17.8. The largest absolute Gasteiger partial charge is 0.508 e. The Balaban J connectivity index is 1.62. The van der Waals surface area contributed by atoms with E-state index < -0.39 is 11.6 Å². The van der Waals surface area contributed by atoms with Crippen molar-refractivity contribution in [2.45, 2.75) is 38.8 Å². The Kier molecular flexibility index (Phi) is 6.59. The van der Waals surface area contributed by atoms with Gasteiger partial charge in [0.05, 0.1) is 13.2 Å². The van der Waals surface area contributed by atoms with Gasteiger partial charge in [0.1, 0.15) is 23.1 Å². The molecule has 3 aromatic rings. The summed E-state index contributed by atoms with van der Waals surface area (Å²) in [6.07, 6.45) is 0.364. The van der Waals surface area contributed by atoms with E-state index in [1.807, 2.05) is 49.9 Å². The first kappa shape index (κ1) is 25.1. The van der Waals surface area contributed by atoms with Crippen LogP contribution in [0.3, 0.4) is 0 Å². The summed E-state index contributed by atoms with van der Waals surface area (Å²) in [5, 5.41) is 20.6. The summed E-state index contributed by atoms with van der Waals surface area (Å²) in [5.74, 6) is 0.611. The van der Waals surface area contributed by atoms with Crippen LogP contribution in [-0.2, 0) is 11.2 Å². The standard InChI is InChI=1S/C28H34N4O5/c1-4-30(13-14-33)11-12-31-26(35)28(3)17-22-21-16-20(37-5-2)9-10-23(21)29-24(22)25(32(28)27(31)36)18-7-6-8-19(34)15-18/h6-10,15-16,25,29,33-34H,4-5,11-14,17H2,1-3H3/t25-,28+/m1/s1. The topological polar surface area (TPSA) is 109 Å². The molecule has 9 nitrogen and oxygen atoms in total. The molecule has 2 atom stereocenters. The van der Waals surface area contributed by atoms with Crippen LogP contribution in [0.2, 0.25) is 0 Å². The lowest BCUT2D eigenvalue weighted by molar-refractivity contribution is -0.133. The van der Waals surface area contributed by atoms with Gasteiger partial charge in [-0.2, -0.15) is 0 Å². The number of aliphatic hydroxyl groups excluding tert-OH is 1. The molecule has 1 saturated heterocycles. The van der Waals surface area contributed by atoms with E-state index in [0.717, 1.165) is 33.5 Å². The van der Waals surface area contributed by atoms with E-state index in [0.29, 0.717) is 32.7 Å². The summed E-state index contributed by atoms with van der Waals surface area (Å²) in [6.45, 7) is 8.25. The Labute approximate surface area is 216 Å². The van der Waals surface area contributed by atoms with Crippen LogP contribution >= 0.6 is 0 Å². The number of H-pyrrole nitrogens is 1. The van der Waals surface area contributed by atoms with Crippen molar-refractivity contribution in [3.63, 3.8) is 0 Å². The molecule has 0 aliphatic carbocycles. The molecule has 0 spiro atoms. The van der Waals surface area contributed by atoms with Crippen molar-refractivity contribution < 1.29 is 24.5 Å². The molecule has 0 bridgehead atoms. The minimum absolute atomic E-state index is 0.0185. The quantitative estimate of drug-likeness (QED) is 0.385. The van der Waals surface area contributed by atoms with Gasteiger partial charge < -0.3 is 19.9 Å². The summed E-state index contributed by atoms with van der Waals surface area (Å²) < 4.78 is 5.74. The zero-order valence-electron chi connectivity index (χ0n) is 21.5. The van der Waals surface area contributed by atoms with Gasteiger partial charge in [0, 0.05) is 42.7 Å². The second kappa shape index (κ2) is 9.72. The van der Waals surface area contributed by atoms with Crippen LogP contribution in [0, 0.1) is 0 Å². The predicted octanol–water partition coefficient (Wildman–Crippen LogP) is 3.25. The van der Waals surface area contributed by atoms with E-state index in [-0.39, 0.29) is 30.8 Å². The molecule has 9 heteroatoms. The number of nitrogens with zero attached hydrogens (tertiary/aromatic N) is 3. The highest BCUT2D eigenvalue weighted by Gasteiger charge is 2.60. The highest BCUT2D eigenvalue weighted by molar-refractivity contribution is 6.08. The number of phenols is 1. The summed E-state index contributed by atoms with van der Waals surface area (Å²) in [4.78, 5) is 36.4. The van der Waals surface area contributed by atoms with E-state index in [9.17, 15) is 19.8 Å². The highest BCUT2D eigenvalue weighted by Crippen LogP contribution is 2.49. The molecule has 37 heavy (non-hydrogen) atoms. The Bertz CT molecular complexity index is 1340. The molecule has 3 amide bonds. The molecule has 1 aromatic heterocycles. The summed E-state index contributed by atoms with van der Waals surface area (Å²) in [7, 11) is 0. The van der Waals surface area contributed by atoms with Crippen LogP contribution in [-0.4, -0.2) is 86.8 Å². The fraction of sp³-hybridized carbons (Fsp3) is 0.429. The van der Waals surface area contributed by atoms with Crippen LogP contribution < -0.4 is 4.74 Å². The van der Waals surface area contributed by atoms with E-state index in [1.54, 1.807) is 23.1 Å². The molecular formula is C28H34N4O5. The van der Waals surface area contributed by atoms with Crippen LogP contribution in [0.15, 0.2) is 42.5 Å². The predicted molar refractivity (Wildman–Crippen MR) is 140 cm³/mol. The fourth-order valence-electron chi connectivity index (χ4n) is 5.80. The fourth-order valence-corrected chi connectivity index (χ4v) is 5.80. The Morgan fingerprint density at radius 2 is 1.97 bits per heavy atom. The van der Waals surface area contributed by atoms with Crippen molar-refractivity contribution in [2.75, 3.05) is 39.4 Å². The second-order valence-corrected chi connectivity index (χ2v) is 9.87. The zero-order chi connectivity index (χ0) is 26.3. The first-order valence-electron chi connectivity index (χ1n) is 12.9. The Morgan fingerprint density at radius 3 is 2.68 bits per heavy atom. The minimum atomic E-state index is -1.09. The number of aromatic hydroxyl groups is 1. The van der Waals surface area contributed by atoms with E-state index in [1.165, 1.54) is 4.90 Å². The van der Waals surface area contributed by atoms with Gasteiger partial charge in [-0.15, -0.1) is 0 Å². The molecule has 2 aliphatic heterocycles. The Hall–Kier alpha value is -3.56. The molecular weight excluding hydrogens is 472 g/mol. The maximum atomic E-state index is 13.9. The molecule has 0 unspecified atom stereocenters. The summed E-state index contributed by atoms with van der Waals surface area (Å²) in [6, 6.07) is 11.8. The Morgan fingerprint density at radius 1 is 1.16 bits per heavy atom. The molecule has 5 rings (SSSR count). The number of hydrogen-bond donors (Lipinski definition) is 3. The molecule has 3 heterocycles. The van der Waals surface area contributed by atoms with Crippen LogP contribution in [0.25, 0.3) is 10.9 Å². The monoisotopic (exact) mass is 506 g/mol. The van der Waals surface area contributed by atoms with E-state index >= 15 is 0 Å². The van der Waals surface area contributed by atoms with Crippen molar-refractivity contribution in [3.8, 4) is 11.5 Å². The number of fused-ring (bicyclic) bond motifs is 4. The molecule has 0 saturated carbocycles. The molecule has 2 aromatic carbocycles. The molecule has 196 valence electrons. The van der Waals surface area contributed by atoms with Crippen molar-refractivity contribution >= 4 is 22.8 Å². The third-order valence-electron chi connectivity index (χ3n) is 7.64. The second-order valence-electron chi connectivity index (χ2n) is 9.87. The number of amides is 3. The number of carbonyl (C=O) groups excluding carboxylic acids is 2.